The molecule has 1 rings (SSSR count). The molecule has 18 heavy (non-hydrogen) atoms. The fourth-order valence-corrected chi connectivity index (χ4v) is 1.63. The third kappa shape index (κ3) is 3.39. The second kappa shape index (κ2) is 5.76. The first-order valence-corrected chi connectivity index (χ1v) is 5.87. The van der Waals surface area contributed by atoms with Gasteiger partial charge in [0.1, 0.15) is 5.75 Å². The van der Waals surface area contributed by atoms with Crippen LogP contribution in [0.4, 0.5) is 5.69 Å². The predicted molar refractivity (Wildman–Crippen MR) is 72.0 cm³/mol. The summed E-state index contributed by atoms with van der Waals surface area (Å²) in [5.74, 6) is 0.603. The molecule has 0 aromatic heterocycles. The molecule has 1 aromatic rings. The average molecular weight is 251 g/mol. The summed E-state index contributed by atoms with van der Waals surface area (Å²) in [5.41, 5.74) is 1.52. The second-order valence-electron chi connectivity index (χ2n) is 4.91. The Morgan fingerprint density at radius 3 is 2.50 bits per heavy atom. The molecule has 100 valence electrons. The van der Waals surface area contributed by atoms with Crippen molar-refractivity contribution >= 4 is 11.7 Å². The molecule has 4 nitrogen and oxygen atoms in total. The van der Waals surface area contributed by atoms with Crippen LogP contribution in [0.1, 0.15) is 19.4 Å². The van der Waals surface area contributed by atoms with Crippen molar-refractivity contribution in [3.8, 4) is 5.75 Å². The van der Waals surface area contributed by atoms with Crippen LogP contribution in [0.25, 0.3) is 0 Å². The fourth-order valence-electron chi connectivity index (χ4n) is 1.63. The SMILES string of the molecule is COC(=O)C(C)(C)CNc1ccc(OC)cc1C. The minimum atomic E-state index is -0.554. The Morgan fingerprint density at radius 1 is 1.33 bits per heavy atom. The fraction of sp³-hybridized carbons (Fsp3) is 0.500. The molecule has 0 aliphatic rings. The van der Waals surface area contributed by atoms with Crippen LogP contribution in [-0.2, 0) is 9.53 Å². The topological polar surface area (TPSA) is 47.6 Å². The summed E-state index contributed by atoms with van der Waals surface area (Å²) in [6.45, 7) is 6.22. The molecule has 0 fully saturated rings. The van der Waals surface area contributed by atoms with Gasteiger partial charge < -0.3 is 14.8 Å². The van der Waals surface area contributed by atoms with Gasteiger partial charge in [-0.3, -0.25) is 4.79 Å². The van der Waals surface area contributed by atoms with Gasteiger partial charge >= 0.3 is 5.97 Å². The van der Waals surface area contributed by atoms with Gasteiger partial charge in [-0.2, -0.15) is 0 Å². The number of hydrogen-bond donors (Lipinski definition) is 1. The summed E-state index contributed by atoms with van der Waals surface area (Å²) in [6, 6.07) is 5.79. The molecule has 0 radical (unpaired) electrons. The van der Waals surface area contributed by atoms with Crippen LogP contribution in [0.15, 0.2) is 18.2 Å². The van der Waals surface area contributed by atoms with Crippen molar-refractivity contribution in [3.05, 3.63) is 23.8 Å². The van der Waals surface area contributed by atoms with E-state index in [0.717, 1.165) is 17.0 Å². The molecular formula is C14H21NO3. The number of aryl methyl sites for hydroxylation is 1. The summed E-state index contributed by atoms with van der Waals surface area (Å²) in [4.78, 5) is 11.6. The largest absolute Gasteiger partial charge is 0.497 e. The molecule has 4 heteroatoms. The monoisotopic (exact) mass is 251 g/mol. The number of anilines is 1. The van der Waals surface area contributed by atoms with Gasteiger partial charge in [0.15, 0.2) is 0 Å². The number of hydrogen-bond acceptors (Lipinski definition) is 4. The zero-order valence-electron chi connectivity index (χ0n) is 11.7. The number of benzene rings is 1. The standard InChI is InChI=1S/C14H21NO3/c1-10-8-11(17-4)6-7-12(10)15-9-14(2,3)13(16)18-5/h6-8,15H,9H2,1-5H3. The van der Waals surface area contributed by atoms with Gasteiger partial charge in [-0.15, -0.1) is 0 Å². The number of methoxy groups -OCH3 is 2. The Bertz CT molecular complexity index is 427. The molecular weight excluding hydrogens is 230 g/mol. The molecule has 0 amide bonds. The lowest BCUT2D eigenvalue weighted by molar-refractivity contribution is -0.149. The van der Waals surface area contributed by atoms with Gasteiger partial charge in [0, 0.05) is 12.2 Å². The van der Waals surface area contributed by atoms with Crippen molar-refractivity contribution in [1.82, 2.24) is 0 Å². The number of carbonyl (C=O) groups excluding carboxylic acids is 1. The van der Waals surface area contributed by atoms with E-state index in [1.807, 2.05) is 39.0 Å². The smallest absolute Gasteiger partial charge is 0.313 e. The van der Waals surface area contributed by atoms with Crippen LogP contribution >= 0.6 is 0 Å². The first kappa shape index (κ1) is 14.4. The zero-order valence-corrected chi connectivity index (χ0v) is 11.7. The highest BCUT2D eigenvalue weighted by Gasteiger charge is 2.28. The number of esters is 1. The highest BCUT2D eigenvalue weighted by atomic mass is 16.5. The van der Waals surface area contributed by atoms with E-state index in [2.05, 4.69) is 5.32 Å². The van der Waals surface area contributed by atoms with E-state index < -0.39 is 5.41 Å². The summed E-state index contributed by atoms with van der Waals surface area (Å²) in [6.07, 6.45) is 0. The maximum Gasteiger partial charge on any atom is 0.313 e. The van der Waals surface area contributed by atoms with E-state index >= 15 is 0 Å². The lowest BCUT2D eigenvalue weighted by Gasteiger charge is -2.23. The third-order valence-corrected chi connectivity index (χ3v) is 2.89. The number of ether oxygens (including phenoxy) is 2. The van der Waals surface area contributed by atoms with E-state index in [4.69, 9.17) is 9.47 Å². The second-order valence-corrected chi connectivity index (χ2v) is 4.91. The molecule has 0 unspecified atom stereocenters. The van der Waals surface area contributed by atoms with Gasteiger partial charge in [0.05, 0.1) is 19.6 Å². The van der Waals surface area contributed by atoms with Crippen LogP contribution in [0.2, 0.25) is 0 Å². The van der Waals surface area contributed by atoms with Gasteiger partial charge in [-0.05, 0) is 44.5 Å². The minimum Gasteiger partial charge on any atom is -0.497 e. The van der Waals surface area contributed by atoms with Crippen LogP contribution < -0.4 is 10.1 Å². The Kier molecular flexibility index (Phi) is 4.59. The summed E-state index contributed by atoms with van der Waals surface area (Å²) < 4.78 is 9.92. The molecule has 0 bridgehead atoms. The third-order valence-electron chi connectivity index (χ3n) is 2.89. The van der Waals surface area contributed by atoms with E-state index in [0.29, 0.717) is 6.54 Å². The maximum atomic E-state index is 11.6. The number of rotatable bonds is 5. The molecule has 0 heterocycles. The molecule has 0 spiro atoms. The van der Waals surface area contributed by atoms with Gasteiger partial charge in [-0.1, -0.05) is 0 Å². The van der Waals surface area contributed by atoms with Crippen molar-refractivity contribution < 1.29 is 14.3 Å². The predicted octanol–water partition coefficient (Wildman–Crippen LogP) is 2.61. The van der Waals surface area contributed by atoms with Crippen molar-refractivity contribution in [3.63, 3.8) is 0 Å². The van der Waals surface area contributed by atoms with Crippen molar-refractivity contribution in [2.45, 2.75) is 20.8 Å². The van der Waals surface area contributed by atoms with E-state index in [9.17, 15) is 4.79 Å². The minimum absolute atomic E-state index is 0.221. The van der Waals surface area contributed by atoms with Crippen molar-refractivity contribution in [2.75, 3.05) is 26.1 Å². The highest BCUT2D eigenvalue weighted by Crippen LogP contribution is 2.23. The van der Waals surface area contributed by atoms with Crippen LogP contribution in [0.5, 0.6) is 5.75 Å². The Hall–Kier alpha value is -1.71. The molecule has 1 aromatic carbocycles. The van der Waals surface area contributed by atoms with Gasteiger partial charge in [0.2, 0.25) is 0 Å². The highest BCUT2D eigenvalue weighted by molar-refractivity contribution is 5.76. The quantitative estimate of drug-likeness (QED) is 0.817. The first-order chi connectivity index (χ1) is 8.40. The maximum absolute atomic E-state index is 11.6. The number of carbonyl (C=O) groups is 1. The van der Waals surface area contributed by atoms with E-state index in [1.54, 1.807) is 7.11 Å². The molecule has 0 aliphatic heterocycles. The van der Waals surface area contributed by atoms with E-state index in [-0.39, 0.29) is 5.97 Å². The Labute approximate surface area is 108 Å². The molecule has 0 saturated heterocycles. The lowest BCUT2D eigenvalue weighted by atomic mass is 9.93. The summed E-state index contributed by atoms with van der Waals surface area (Å²) in [7, 11) is 3.05. The van der Waals surface area contributed by atoms with E-state index in [1.165, 1.54) is 7.11 Å². The van der Waals surface area contributed by atoms with Gasteiger partial charge in [0.25, 0.3) is 0 Å². The molecule has 0 saturated carbocycles. The normalized spacial score (nSPS) is 10.9. The van der Waals surface area contributed by atoms with Crippen molar-refractivity contribution in [2.24, 2.45) is 5.41 Å². The molecule has 1 N–H and O–H groups in total. The lowest BCUT2D eigenvalue weighted by Crippen LogP contribution is -2.33. The van der Waals surface area contributed by atoms with Crippen LogP contribution in [0.3, 0.4) is 0 Å². The van der Waals surface area contributed by atoms with Crippen LogP contribution in [-0.4, -0.2) is 26.7 Å². The Morgan fingerprint density at radius 2 is 2.00 bits per heavy atom. The zero-order chi connectivity index (χ0) is 13.8. The first-order valence-electron chi connectivity index (χ1n) is 5.87. The summed E-state index contributed by atoms with van der Waals surface area (Å²) in [5, 5.41) is 3.26. The molecule has 0 atom stereocenters. The molecule has 0 aliphatic carbocycles. The van der Waals surface area contributed by atoms with Crippen LogP contribution in [0, 0.1) is 12.3 Å². The van der Waals surface area contributed by atoms with Gasteiger partial charge in [-0.25, -0.2) is 0 Å². The Balaban J connectivity index is 2.72. The number of nitrogens with one attached hydrogen (secondary N) is 1. The summed E-state index contributed by atoms with van der Waals surface area (Å²) >= 11 is 0. The average Bonchev–Trinajstić information content (AvgIpc) is 2.36. The van der Waals surface area contributed by atoms with Crippen molar-refractivity contribution in [1.29, 1.82) is 0 Å².